The van der Waals surface area contributed by atoms with Gasteiger partial charge in [-0.05, 0) is 36.8 Å². The van der Waals surface area contributed by atoms with Crippen molar-refractivity contribution in [3.8, 4) is 11.5 Å². The fraction of sp³-hybridized carbons (Fsp3) is 0.120. The molecule has 1 aromatic heterocycles. The number of esters is 1. The number of halogens is 1. The summed E-state index contributed by atoms with van der Waals surface area (Å²) in [5.74, 6) is -0.120. The molecule has 0 aliphatic carbocycles. The lowest BCUT2D eigenvalue weighted by Crippen LogP contribution is -2.34. The van der Waals surface area contributed by atoms with Crippen molar-refractivity contribution in [2.75, 3.05) is 11.9 Å². The smallest absolute Gasteiger partial charge is 0.340 e. The number of benzene rings is 3. The van der Waals surface area contributed by atoms with Crippen LogP contribution >= 0.6 is 11.6 Å². The molecular weight excluding hydrogens is 456 g/mol. The van der Waals surface area contributed by atoms with E-state index in [1.54, 1.807) is 49.4 Å². The van der Waals surface area contributed by atoms with Crippen LogP contribution in [0.1, 0.15) is 34.8 Å². The van der Waals surface area contributed by atoms with Crippen molar-refractivity contribution < 1.29 is 18.7 Å². The van der Waals surface area contributed by atoms with Crippen LogP contribution in [0.2, 0.25) is 5.02 Å². The van der Waals surface area contributed by atoms with Gasteiger partial charge in [-0.2, -0.15) is 0 Å². The van der Waals surface area contributed by atoms with Gasteiger partial charge in [-0.15, -0.1) is 10.2 Å². The second kappa shape index (κ2) is 10.6. The van der Waals surface area contributed by atoms with E-state index < -0.39 is 18.0 Å². The van der Waals surface area contributed by atoms with Gasteiger partial charge in [0, 0.05) is 0 Å². The molecule has 1 atom stereocenters. The first-order valence-electron chi connectivity index (χ1n) is 10.5. The molecule has 34 heavy (non-hydrogen) atoms. The Hall–Kier alpha value is -4.17. The number of nitrogens with one attached hydrogen (secondary N) is 2. The fourth-order valence-corrected chi connectivity index (χ4v) is 3.51. The molecule has 0 aliphatic heterocycles. The van der Waals surface area contributed by atoms with Crippen molar-refractivity contribution in [3.63, 3.8) is 0 Å². The number of anilines is 1. The molecule has 1 heterocycles. The third-order valence-electron chi connectivity index (χ3n) is 4.87. The molecule has 0 spiro atoms. The molecule has 0 saturated carbocycles. The third-order valence-corrected chi connectivity index (χ3v) is 5.20. The van der Waals surface area contributed by atoms with Gasteiger partial charge >= 0.3 is 12.0 Å². The predicted octanol–water partition coefficient (Wildman–Crippen LogP) is 5.48. The summed E-state index contributed by atoms with van der Waals surface area (Å²) in [4.78, 5) is 25.2. The van der Waals surface area contributed by atoms with Crippen molar-refractivity contribution in [2.24, 2.45) is 0 Å². The van der Waals surface area contributed by atoms with Crippen molar-refractivity contribution in [1.29, 1.82) is 0 Å². The molecule has 9 heteroatoms. The highest BCUT2D eigenvalue weighted by atomic mass is 35.5. The van der Waals surface area contributed by atoms with E-state index in [-0.39, 0.29) is 24.0 Å². The SMILES string of the molecule is CCOC(=O)c1ccccc1NC(=O)N[C@H](c1ccccc1)c1nnc(-c2ccccc2Cl)o1. The molecular formula is C25H21ClN4O4. The number of urea groups is 1. The highest BCUT2D eigenvalue weighted by Gasteiger charge is 2.24. The summed E-state index contributed by atoms with van der Waals surface area (Å²) in [7, 11) is 0. The topological polar surface area (TPSA) is 106 Å². The molecule has 0 radical (unpaired) electrons. The zero-order valence-electron chi connectivity index (χ0n) is 18.2. The maximum Gasteiger partial charge on any atom is 0.340 e. The Labute approximate surface area is 200 Å². The van der Waals surface area contributed by atoms with Crippen LogP contribution in [0.25, 0.3) is 11.5 Å². The Morgan fingerprint density at radius 3 is 2.44 bits per heavy atom. The lowest BCUT2D eigenvalue weighted by molar-refractivity contribution is 0.0527. The Bertz CT molecular complexity index is 1290. The minimum absolute atomic E-state index is 0.176. The predicted molar refractivity (Wildman–Crippen MR) is 128 cm³/mol. The molecule has 0 unspecified atom stereocenters. The van der Waals surface area contributed by atoms with Crippen LogP contribution in [-0.2, 0) is 4.74 Å². The lowest BCUT2D eigenvalue weighted by Gasteiger charge is -2.17. The van der Waals surface area contributed by atoms with Gasteiger partial charge in [0.05, 0.1) is 28.4 Å². The Balaban J connectivity index is 1.60. The fourth-order valence-electron chi connectivity index (χ4n) is 3.30. The highest BCUT2D eigenvalue weighted by molar-refractivity contribution is 6.33. The van der Waals surface area contributed by atoms with E-state index in [9.17, 15) is 9.59 Å². The number of rotatable bonds is 7. The average molecular weight is 477 g/mol. The van der Waals surface area contributed by atoms with Crippen LogP contribution in [0, 0.1) is 0 Å². The van der Waals surface area contributed by atoms with E-state index in [4.69, 9.17) is 20.8 Å². The van der Waals surface area contributed by atoms with E-state index >= 15 is 0 Å². The molecule has 172 valence electrons. The van der Waals surface area contributed by atoms with Crippen LogP contribution in [0.3, 0.4) is 0 Å². The number of aromatic nitrogens is 2. The Kier molecular flexibility index (Phi) is 7.19. The Morgan fingerprint density at radius 1 is 0.971 bits per heavy atom. The van der Waals surface area contributed by atoms with Crippen molar-refractivity contribution in [1.82, 2.24) is 15.5 Å². The Morgan fingerprint density at radius 2 is 1.68 bits per heavy atom. The first-order valence-corrected chi connectivity index (χ1v) is 10.9. The first-order chi connectivity index (χ1) is 16.6. The normalized spacial score (nSPS) is 11.5. The molecule has 2 N–H and O–H groups in total. The minimum atomic E-state index is -0.750. The summed E-state index contributed by atoms with van der Waals surface area (Å²) < 4.78 is 11.0. The molecule has 0 fully saturated rings. The second-order valence-corrected chi connectivity index (χ2v) is 7.54. The molecule has 0 bridgehead atoms. The van der Waals surface area contributed by atoms with Gasteiger partial charge in [-0.1, -0.05) is 66.2 Å². The maximum absolute atomic E-state index is 12.9. The third kappa shape index (κ3) is 5.24. The van der Waals surface area contributed by atoms with Gasteiger partial charge in [-0.3, -0.25) is 0 Å². The highest BCUT2D eigenvalue weighted by Crippen LogP contribution is 2.29. The monoisotopic (exact) mass is 476 g/mol. The molecule has 4 aromatic rings. The van der Waals surface area contributed by atoms with Gasteiger partial charge in [0.1, 0.15) is 6.04 Å². The summed E-state index contributed by atoms with van der Waals surface area (Å²) in [6.07, 6.45) is 0. The summed E-state index contributed by atoms with van der Waals surface area (Å²) in [5, 5.41) is 14.3. The summed E-state index contributed by atoms with van der Waals surface area (Å²) in [6, 6.07) is 21.6. The molecule has 2 amide bonds. The molecule has 3 aromatic carbocycles. The van der Waals surface area contributed by atoms with Gasteiger partial charge < -0.3 is 19.8 Å². The van der Waals surface area contributed by atoms with E-state index in [1.807, 2.05) is 36.4 Å². The average Bonchev–Trinajstić information content (AvgIpc) is 3.33. The second-order valence-electron chi connectivity index (χ2n) is 7.13. The molecule has 8 nitrogen and oxygen atoms in total. The number of hydrogen-bond acceptors (Lipinski definition) is 6. The van der Waals surface area contributed by atoms with Crippen molar-refractivity contribution >= 4 is 29.3 Å². The van der Waals surface area contributed by atoms with E-state index in [0.29, 0.717) is 16.3 Å². The minimum Gasteiger partial charge on any atom is -0.462 e. The van der Waals surface area contributed by atoms with Crippen LogP contribution in [0.15, 0.2) is 83.3 Å². The summed E-state index contributed by atoms with van der Waals surface area (Å²) in [6.45, 7) is 1.94. The number of amides is 2. The number of para-hydroxylation sites is 1. The zero-order valence-corrected chi connectivity index (χ0v) is 19.0. The van der Waals surface area contributed by atoms with Gasteiger partial charge in [0.2, 0.25) is 11.8 Å². The van der Waals surface area contributed by atoms with Crippen molar-refractivity contribution in [3.05, 3.63) is 101 Å². The maximum atomic E-state index is 12.9. The van der Waals surface area contributed by atoms with Crippen molar-refractivity contribution in [2.45, 2.75) is 13.0 Å². The number of carbonyl (C=O) groups is 2. The van der Waals surface area contributed by atoms with E-state index in [0.717, 1.165) is 5.56 Å². The van der Waals surface area contributed by atoms with E-state index in [1.165, 1.54) is 0 Å². The van der Waals surface area contributed by atoms with Crippen LogP contribution in [0.4, 0.5) is 10.5 Å². The number of carbonyl (C=O) groups excluding carboxylic acids is 2. The zero-order chi connectivity index (χ0) is 23.9. The van der Waals surface area contributed by atoms with Gasteiger partial charge in [-0.25, -0.2) is 9.59 Å². The first kappa shape index (κ1) is 23.0. The number of ether oxygens (including phenoxy) is 1. The number of hydrogen-bond donors (Lipinski definition) is 2. The van der Waals surface area contributed by atoms with Crippen LogP contribution in [0.5, 0.6) is 0 Å². The number of nitrogens with zero attached hydrogens (tertiary/aromatic N) is 2. The van der Waals surface area contributed by atoms with Crippen LogP contribution in [-0.4, -0.2) is 28.8 Å². The van der Waals surface area contributed by atoms with Gasteiger partial charge in [0.15, 0.2) is 0 Å². The molecule has 0 saturated heterocycles. The summed E-state index contributed by atoms with van der Waals surface area (Å²) >= 11 is 6.26. The van der Waals surface area contributed by atoms with Crippen LogP contribution < -0.4 is 10.6 Å². The van der Waals surface area contributed by atoms with E-state index in [2.05, 4.69) is 20.8 Å². The summed E-state index contributed by atoms with van der Waals surface area (Å²) in [5.41, 5.74) is 1.87. The molecule has 0 aliphatic rings. The largest absolute Gasteiger partial charge is 0.462 e. The standard InChI is InChI=1S/C25H21ClN4O4/c1-2-33-24(31)18-13-7-9-15-20(18)27-25(32)28-21(16-10-4-3-5-11-16)23-30-29-22(34-23)17-12-6-8-14-19(17)26/h3-15,21H,2H2,1H3,(H2,27,28,32)/t21-/m1/s1. The molecule has 4 rings (SSSR count). The quantitative estimate of drug-likeness (QED) is 0.342. The lowest BCUT2D eigenvalue weighted by atomic mass is 10.1. The van der Waals surface area contributed by atoms with Gasteiger partial charge in [0.25, 0.3) is 0 Å².